The molecular weight excluding hydrogens is 797 g/mol. The number of aliphatic hydroxyl groups excluding tert-OH is 2. The fraction of sp³-hybridized carbons (Fsp3) is 0.423. The molecule has 2 heterocycles. The summed E-state index contributed by atoms with van der Waals surface area (Å²) < 4.78 is 32.7. The molecule has 0 bridgehead atoms. The van der Waals surface area contributed by atoms with E-state index in [0.717, 1.165) is 72.1 Å². The zero-order valence-electron chi connectivity index (χ0n) is 36.0. The van der Waals surface area contributed by atoms with Gasteiger partial charge in [-0.3, -0.25) is 4.79 Å². The highest BCUT2D eigenvalue weighted by molar-refractivity contribution is 6.03. The summed E-state index contributed by atoms with van der Waals surface area (Å²) in [5, 5.41) is 24.7. The lowest BCUT2D eigenvalue weighted by atomic mass is 9.55. The lowest BCUT2D eigenvalue weighted by Crippen LogP contribution is -2.70. The fourth-order valence-corrected chi connectivity index (χ4v) is 10.4. The summed E-state index contributed by atoms with van der Waals surface area (Å²) in [7, 11) is 1.57. The van der Waals surface area contributed by atoms with Gasteiger partial charge in [0.15, 0.2) is 11.5 Å². The largest absolute Gasteiger partial charge is 0.459 e. The molecule has 2 saturated carbocycles. The number of unbranched alkanes of at least 4 members (excludes halogenated alkanes) is 2. The van der Waals surface area contributed by atoms with Crippen LogP contribution in [0.1, 0.15) is 74.8 Å². The van der Waals surface area contributed by atoms with Crippen LogP contribution < -0.4 is 18.9 Å². The molecule has 11 heteroatoms. The van der Waals surface area contributed by atoms with E-state index in [-0.39, 0.29) is 56.2 Å². The third kappa shape index (κ3) is 8.71. The van der Waals surface area contributed by atoms with Crippen LogP contribution in [0.3, 0.4) is 0 Å². The predicted molar refractivity (Wildman–Crippen MR) is 240 cm³/mol. The zero-order chi connectivity index (χ0) is 43.3. The summed E-state index contributed by atoms with van der Waals surface area (Å²) in [5.74, 6) is 1.60. The van der Waals surface area contributed by atoms with Crippen molar-refractivity contribution in [3.63, 3.8) is 0 Å². The summed E-state index contributed by atoms with van der Waals surface area (Å²) in [6.07, 6.45) is 10.8. The van der Waals surface area contributed by atoms with Gasteiger partial charge in [-0.1, -0.05) is 78.7 Å². The zero-order valence-corrected chi connectivity index (χ0v) is 36.0. The second-order valence-corrected chi connectivity index (χ2v) is 17.4. The minimum absolute atomic E-state index is 0.0496. The third-order valence-electron chi connectivity index (χ3n) is 13.4. The van der Waals surface area contributed by atoms with E-state index < -0.39 is 17.7 Å². The SMILES string of the molecule is C=CCOC12Oc3ccc(Oc4ccc(-c5ccccc5)cc4)cc3C3C(CCCCO)C(CCCCO)C=C(C(=NOC)CC1N(Cc1ccc4c(c1)OCO4)C(=O)C1CC1)C32. The van der Waals surface area contributed by atoms with Gasteiger partial charge in [0.25, 0.3) is 0 Å². The lowest BCUT2D eigenvalue weighted by molar-refractivity contribution is -0.258. The fourth-order valence-electron chi connectivity index (χ4n) is 10.4. The highest BCUT2D eigenvalue weighted by Gasteiger charge is 2.66. The van der Waals surface area contributed by atoms with Crippen LogP contribution in [-0.4, -0.2) is 72.3 Å². The molecule has 2 fully saturated rings. The van der Waals surface area contributed by atoms with E-state index in [2.05, 4.69) is 43.0 Å². The number of benzene rings is 4. The molecule has 4 aromatic carbocycles. The van der Waals surface area contributed by atoms with E-state index >= 15 is 0 Å². The Morgan fingerprint density at radius 3 is 2.35 bits per heavy atom. The first-order valence-electron chi connectivity index (χ1n) is 22.6. The van der Waals surface area contributed by atoms with Crippen LogP contribution in [0.25, 0.3) is 11.1 Å². The van der Waals surface area contributed by atoms with Crippen molar-refractivity contribution in [2.75, 3.05) is 33.7 Å². The average molecular weight is 855 g/mol. The molecule has 63 heavy (non-hydrogen) atoms. The molecule has 9 rings (SSSR count). The molecule has 4 aromatic rings. The van der Waals surface area contributed by atoms with E-state index in [4.69, 9.17) is 33.7 Å². The van der Waals surface area contributed by atoms with Gasteiger partial charge in [0.1, 0.15) is 30.4 Å². The molecule has 6 unspecified atom stereocenters. The van der Waals surface area contributed by atoms with Crippen LogP contribution in [0.5, 0.6) is 28.7 Å². The van der Waals surface area contributed by atoms with E-state index in [1.807, 2.05) is 65.6 Å². The van der Waals surface area contributed by atoms with Crippen molar-refractivity contribution in [3.8, 4) is 39.9 Å². The van der Waals surface area contributed by atoms with Gasteiger partial charge in [0.05, 0.1) is 18.2 Å². The van der Waals surface area contributed by atoms with Crippen molar-refractivity contribution < 1.29 is 43.5 Å². The molecule has 5 aliphatic rings. The van der Waals surface area contributed by atoms with Crippen molar-refractivity contribution in [2.45, 2.75) is 82.1 Å². The molecule has 0 spiro atoms. The van der Waals surface area contributed by atoms with Crippen LogP contribution in [0.2, 0.25) is 0 Å². The summed E-state index contributed by atoms with van der Waals surface area (Å²) >= 11 is 0. The molecule has 2 N–H and O–H groups in total. The minimum atomic E-state index is -1.35. The van der Waals surface area contributed by atoms with Crippen molar-refractivity contribution in [3.05, 3.63) is 126 Å². The normalized spacial score (nSPS) is 24.7. The maximum absolute atomic E-state index is 14.8. The Bertz CT molecular complexity index is 2310. The van der Waals surface area contributed by atoms with Crippen LogP contribution in [0.4, 0.5) is 0 Å². The van der Waals surface area contributed by atoms with Crippen LogP contribution in [0.15, 0.2) is 120 Å². The van der Waals surface area contributed by atoms with Gasteiger partial charge in [-0.05, 0) is 115 Å². The number of ether oxygens (including phenoxy) is 5. The van der Waals surface area contributed by atoms with Gasteiger partial charge in [0.2, 0.25) is 18.5 Å². The maximum atomic E-state index is 14.8. The van der Waals surface area contributed by atoms with Crippen LogP contribution in [-0.2, 0) is 20.9 Å². The molecule has 1 amide bonds. The molecule has 0 aromatic heterocycles. The Morgan fingerprint density at radius 1 is 0.873 bits per heavy atom. The standard InChI is InChI=1S/C52H58N2O9/c1-3-27-61-52-48(54(51(57)37-16-17-37)32-34-15-23-46-47(28-34)60-33-59-46)31-44(53-58-2)42-29-38(13-7-9-25-55)41(14-8-10-26-56)49(50(42)52)43-30-40(22-24-45(43)63-52)62-39-20-18-36(19-21-39)35-11-5-4-6-12-35/h3-6,11-12,15,18-24,28-30,37-38,41,48-50,55-56H,1,7-10,13-14,16-17,25-27,31-33H2,2H3. The number of oxime groups is 1. The molecule has 6 atom stereocenters. The highest BCUT2D eigenvalue weighted by atomic mass is 16.7. The van der Waals surface area contributed by atoms with Gasteiger partial charge >= 0.3 is 0 Å². The van der Waals surface area contributed by atoms with Gasteiger partial charge in [-0.15, -0.1) is 6.58 Å². The van der Waals surface area contributed by atoms with E-state index in [1.54, 1.807) is 13.2 Å². The number of hydrogen-bond acceptors (Lipinski definition) is 10. The quantitative estimate of drug-likeness (QED) is 0.0539. The maximum Gasteiger partial charge on any atom is 0.239 e. The first-order valence-corrected chi connectivity index (χ1v) is 22.6. The monoisotopic (exact) mass is 854 g/mol. The number of aliphatic hydroxyl groups is 2. The van der Waals surface area contributed by atoms with Crippen LogP contribution in [0, 0.1) is 23.7 Å². The number of hydrogen-bond donors (Lipinski definition) is 2. The molecular formula is C52H58N2O9. The van der Waals surface area contributed by atoms with Crippen molar-refractivity contribution in [1.29, 1.82) is 0 Å². The van der Waals surface area contributed by atoms with Gasteiger partial charge < -0.3 is 43.6 Å². The summed E-state index contributed by atoms with van der Waals surface area (Å²) in [4.78, 5) is 22.5. The Kier molecular flexibility index (Phi) is 12.9. The summed E-state index contributed by atoms with van der Waals surface area (Å²) in [6, 6.07) is 29.7. The van der Waals surface area contributed by atoms with Crippen molar-refractivity contribution in [1.82, 2.24) is 4.90 Å². The molecule has 2 aliphatic heterocycles. The van der Waals surface area contributed by atoms with Crippen molar-refractivity contribution in [2.24, 2.45) is 28.8 Å². The summed E-state index contributed by atoms with van der Waals surface area (Å²) in [5.41, 5.74) is 5.88. The number of rotatable bonds is 19. The molecule has 0 saturated heterocycles. The number of nitrogens with zero attached hydrogens (tertiary/aromatic N) is 2. The smallest absolute Gasteiger partial charge is 0.239 e. The lowest BCUT2D eigenvalue weighted by Gasteiger charge is -2.60. The Morgan fingerprint density at radius 2 is 1.60 bits per heavy atom. The Labute approximate surface area is 369 Å². The van der Waals surface area contributed by atoms with Gasteiger partial charge in [-0.25, -0.2) is 0 Å². The molecule has 330 valence electrons. The first-order chi connectivity index (χ1) is 30.9. The Balaban J connectivity index is 1.18. The summed E-state index contributed by atoms with van der Waals surface area (Å²) in [6.45, 7) is 4.93. The van der Waals surface area contributed by atoms with E-state index in [9.17, 15) is 15.0 Å². The van der Waals surface area contributed by atoms with Gasteiger partial charge in [0, 0.05) is 43.6 Å². The predicted octanol–water partition coefficient (Wildman–Crippen LogP) is 9.58. The third-order valence-corrected chi connectivity index (χ3v) is 13.4. The number of amides is 1. The minimum Gasteiger partial charge on any atom is -0.459 e. The van der Waals surface area contributed by atoms with Crippen molar-refractivity contribution >= 4 is 11.6 Å². The topological polar surface area (TPSA) is 129 Å². The van der Waals surface area contributed by atoms with Crippen LogP contribution >= 0.6 is 0 Å². The van der Waals surface area contributed by atoms with Gasteiger partial charge in [-0.2, -0.15) is 0 Å². The second kappa shape index (κ2) is 19.0. The highest BCUT2D eigenvalue weighted by Crippen LogP contribution is 2.62. The number of allylic oxidation sites excluding steroid dienone is 1. The first kappa shape index (κ1) is 42.7. The second-order valence-electron chi connectivity index (χ2n) is 17.4. The van der Waals surface area contributed by atoms with E-state index in [1.165, 1.54) is 0 Å². The molecule has 3 aliphatic carbocycles. The van der Waals surface area contributed by atoms with E-state index in [0.29, 0.717) is 54.6 Å². The average Bonchev–Trinajstić information content (AvgIpc) is 4.06. The number of carbonyl (C=O) groups is 1. The number of carbonyl (C=O) groups excluding carboxylic acids is 1. The molecule has 11 nitrogen and oxygen atoms in total. The Hall–Kier alpha value is -5.62. The number of fused-ring (bicyclic) bond motifs is 3. The molecule has 0 radical (unpaired) electrons.